The van der Waals surface area contributed by atoms with E-state index < -0.39 is 0 Å². The molecule has 0 fully saturated rings. The van der Waals surface area contributed by atoms with Gasteiger partial charge in [-0.15, -0.1) is 0 Å². The number of halogens is 1. The van der Waals surface area contributed by atoms with Gasteiger partial charge in [-0.2, -0.15) is 0 Å². The van der Waals surface area contributed by atoms with Crippen LogP contribution in [0.5, 0.6) is 5.75 Å². The van der Waals surface area contributed by atoms with Crippen LogP contribution in [0.4, 0.5) is 4.39 Å². The molecule has 1 aromatic heterocycles. The van der Waals surface area contributed by atoms with Gasteiger partial charge in [0.05, 0.1) is 12.3 Å². The van der Waals surface area contributed by atoms with Crippen molar-refractivity contribution in [2.45, 2.75) is 19.0 Å². The molecule has 0 amide bonds. The molecule has 3 nitrogen and oxygen atoms in total. The second-order valence-electron chi connectivity index (χ2n) is 4.57. The minimum atomic E-state index is -0.228. The fourth-order valence-electron chi connectivity index (χ4n) is 2.31. The van der Waals surface area contributed by atoms with Crippen molar-refractivity contribution < 1.29 is 9.13 Å². The van der Waals surface area contributed by atoms with Gasteiger partial charge in [-0.05, 0) is 30.3 Å². The summed E-state index contributed by atoms with van der Waals surface area (Å²) >= 11 is 0. The molecule has 2 aromatic rings. The van der Waals surface area contributed by atoms with Crippen LogP contribution >= 0.6 is 0 Å². The van der Waals surface area contributed by atoms with E-state index in [0.29, 0.717) is 13.2 Å². The molecule has 4 heteroatoms. The Bertz CT molecular complexity index is 559. The summed E-state index contributed by atoms with van der Waals surface area (Å²) in [5, 5.41) is 3.41. The molecule has 3 rings (SSSR count). The fraction of sp³-hybridized carbons (Fsp3) is 0.267. The summed E-state index contributed by atoms with van der Waals surface area (Å²) < 4.78 is 18.9. The monoisotopic (exact) mass is 258 g/mol. The molecule has 0 spiro atoms. The Balaban J connectivity index is 1.75. The second kappa shape index (κ2) is 5.36. The highest BCUT2D eigenvalue weighted by atomic mass is 19.1. The summed E-state index contributed by atoms with van der Waals surface area (Å²) in [6.45, 7) is 1.32. The number of ether oxygens (including phenoxy) is 1. The molecule has 1 aromatic carbocycles. The van der Waals surface area contributed by atoms with E-state index in [4.69, 9.17) is 4.74 Å². The number of benzene rings is 1. The Morgan fingerprint density at radius 3 is 3.11 bits per heavy atom. The second-order valence-corrected chi connectivity index (χ2v) is 4.57. The number of nitrogens with one attached hydrogen (secondary N) is 1. The lowest BCUT2D eigenvalue weighted by molar-refractivity contribution is 0.251. The molecule has 98 valence electrons. The van der Waals surface area contributed by atoms with E-state index in [-0.39, 0.29) is 11.9 Å². The van der Waals surface area contributed by atoms with E-state index in [1.54, 1.807) is 18.3 Å². The maximum atomic E-state index is 13.3. The minimum absolute atomic E-state index is 0.112. The zero-order valence-electron chi connectivity index (χ0n) is 10.5. The van der Waals surface area contributed by atoms with Crippen LogP contribution in [0.15, 0.2) is 42.6 Å². The summed E-state index contributed by atoms with van der Waals surface area (Å²) in [7, 11) is 0. The third-order valence-electron chi connectivity index (χ3n) is 3.27. The molecule has 1 N–H and O–H groups in total. The first kappa shape index (κ1) is 12.1. The number of rotatable bonds is 3. The molecule has 2 heterocycles. The van der Waals surface area contributed by atoms with Gasteiger partial charge in [-0.25, -0.2) is 4.39 Å². The lowest BCUT2D eigenvalue weighted by Crippen LogP contribution is -2.27. The van der Waals surface area contributed by atoms with Crippen molar-refractivity contribution >= 4 is 0 Å². The molecular formula is C15H15FN2O. The minimum Gasteiger partial charge on any atom is -0.493 e. The maximum absolute atomic E-state index is 13.3. The van der Waals surface area contributed by atoms with Crippen LogP contribution in [0, 0.1) is 5.82 Å². The van der Waals surface area contributed by atoms with Gasteiger partial charge in [-0.1, -0.05) is 6.07 Å². The Morgan fingerprint density at radius 2 is 2.26 bits per heavy atom. The smallest absolute Gasteiger partial charge is 0.124 e. The summed E-state index contributed by atoms with van der Waals surface area (Å²) in [6, 6.07) is 10.6. The van der Waals surface area contributed by atoms with Crippen LogP contribution in [0.25, 0.3) is 0 Å². The van der Waals surface area contributed by atoms with Gasteiger partial charge in [-0.3, -0.25) is 4.98 Å². The zero-order chi connectivity index (χ0) is 13.1. The van der Waals surface area contributed by atoms with E-state index in [9.17, 15) is 4.39 Å². The standard InChI is InChI=1S/C15H15FN2O/c16-11-4-5-15-13(9-11)14(6-8-19-15)18-10-12-3-1-2-7-17-12/h1-5,7,9,14,18H,6,8,10H2. The molecule has 1 aliphatic rings. The normalized spacial score (nSPS) is 17.6. The molecule has 1 atom stereocenters. The van der Waals surface area contributed by atoms with Crippen molar-refractivity contribution in [2.24, 2.45) is 0 Å². The third-order valence-corrected chi connectivity index (χ3v) is 3.27. The highest BCUT2D eigenvalue weighted by Gasteiger charge is 2.21. The number of fused-ring (bicyclic) bond motifs is 1. The number of hydrogen-bond acceptors (Lipinski definition) is 3. The first-order valence-electron chi connectivity index (χ1n) is 6.38. The van der Waals surface area contributed by atoms with E-state index in [0.717, 1.165) is 23.4 Å². The first-order valence-corrected chi connectivity index (χ1v) is 6.38. The molecule has 0 saturated carbocycles. The van der Waals surface area contributed by atoms with Gasteiger partial charge < -0.3 is 10.1 Å². The Morgan fingerprint density at radius 1 is 1.32 bits per heavy atom. The first-order chi connectivity index (χ1) is 9.33. The predicted octanol–water partition coefficient (Wildman–Crippen LogP) is 2.83. The van der Waals surface area contributed by atoms with Crippen molar-refractivity contribution in [2.75, 3.05) is 6.61 Å². The molecule has 1 unspecified atom stereocenters. The molecule has 0 saturated heterocycles. The lowest BCUT2D eigenvalue weighted by atomic mass is 10.0. The Hall–Kier alpha value is -1.94. The number of aromatic nitrogens is 1. The van der Waals surface area contributed by atoms with Crippen LogP contribution in [-0.2, 0) is 6.54 Å². The van der Waals surface area contributed by atoms with Crippen molar-refractivity contribution in [1.29, 1.82) is 0 Å². The molecule has 1 aliphatic heterocycles. The fourth-order valence-corrected chi connectivity index (χ4v) is 2.31. The summed E-state index contributed by atoms with van der Waals surface area (Å²) in [4.78, 5) is 4.27. The van der Waals surface area contributed by atoms with E-state index in [1.165, 1.54) is 6.07 Å². The zero-order valence-corrected chi connectivity index (χ0v) is 10.5. The maximum Gasteiger partial charge on any atom is 0.124 e. The van der Waals surface area contributed by atoms with E-state index in [2.05, 4.69) is 10.3 Å². The highest BCUT2D eigenvalue weighted by molar-refractivity contribution is 5.38. The van der Waals surface area contributed by atoms with Crippen LogP contribution in [0.2, 0.25) is 0 Å². The summed E-state index contributed by atoms with van der Waals surface area (Å²) in [6.07, 6.45) is 2.61. The van der Waals surface area contributed by atoms with Gasteiger partial charge in [0.2, 0.25) is 0 Å². The molecule has 0 bridgehead atoms. The number of hydrogen-bond donors (Lipinski definition) is 1. The highest BCUT2D eigenvalue weighted by Crippen LogP contribution is 2.32. The van der Waals surface area contributed by atoms with Gasteiger partial charge in [0, 0.05) is 30.8 Å². The van der Waals surface area contributed by atoms with Crippen molar-refractivity contribution in [3.05, 3.63) is 59.7 Å². The van der Waals surface area contributed by atoms with Gasteiger partial charge in [0.25, 0.3) is 0 Å². The topological polar surface area (TPSA) is 34.2 Å². The Kier molecular flexibility index (Phi) is 3.42. The SMILES string of the molecule is Fc1ccc2c(c1)C(NCc1ccccn1)CCO2. The summed E-state index contributed by atoms with van der Waals surface area (Å²) in [5.41, 5.74) is 1.87. The average molecular weight is 258 g/mol. The molecular weight excluding hydrogens is 243 g/mol. The molecule has 0 radical (unpaired) electrons. The van der Waals surface area contributed by atoms with Crippen LogP contribution in [-0.4, -0.2) is 11.6 Å². The van der Waals surface area contributed by atoms with E-state index in [1.807, 2.05) is 18.2 Å². The van der Waals surface area contributed by atoms with Crippen molar-refractivity contribution in [3.63, 3.8) is 0 Å². The lowest BCUT2D eigenvalue weighted by Gasteiger charge is -2.26. The third kappa shape index (κ3) is 2.74. The Labute approximate surface area is 111 Å². The van der Waals surface area contributed by atoms with Gasteiger partial charge in [0.15, 0.2) is 0 Å². The quantitative estimate of drug-likeness (QED) is 0.919. The largest absolute Gasteiger partial charge is 0.493 e. The van der Waals surface area contributed by atoms with Gasteiger partial charge >= 0.3 is 0 Å². The molecule has 0 aliphatic carbocycles. The summed E-state index contributed by atoms with van der Waals surface area (Å²) in [5.74, 6) is 0.542. The average Bonchev–Trinajstić information content (AvgIpc) is 2.46. The predicted molar refractivity (Wildman–Crippen MR) is 70.3 cm³/mol. The number of pyridine rings is 1. The molecule has 19 heavy (non-hydrogen) atoms. The van der Waals surface area contributed by atoms with Crippen LogP contribution < -0.4 is 10.1 Å². The van der Waals surface area contributed by atoms with Crippen LogP contribution in [0.3, 0.4) is 0 Å². The van der Waals surface area contributed by atoms with E-state index >= 15 is 0 Å². The van der Waals surface area contributed by atoms with Crippen LogP contribution in [0.1, 0.15) is 23.7 Å². The van der Waals surface area contributed by atoms with Crippen molar-refractivity contribution in [3.8, 4) is 5.75 Å². The number of nitrogens with zero attached hydrogens (tertiary/aromatic N) is 1. The van der Waals surface area contributed by atoms with Crippen molar-refractivity contribution in [1.82, 2.24) is 10.3 Å². The van der Waals surface area contributed by atoms with Gasteiger partial charge in [0.1, 0.15) is 11.6 Å².